The molecule has 1 saturated heterocycles. The van der Waals surface area contributed by atoms with Crippen LogP contribution in [-0.2, 0) is 0 Å². The van der Waals surface area contributed by atoms with Gasteiger partial charge in [0.2, 0.25) is 0 Å². The van der Waals surface area contributed by atoms with Gasteiger partial charge in [-0.15, -0.1) is 0 Å². The maximum atomic E-state index is 10.4. The number of aliphatic hydroxyl groups excluding tert-OH is 1. The maximum Gasteiger partial charge on any atom is 0.161 e. The standard InChI is InChI=1S/C16H23NO3/c1-2-12-5-6-17(10-12)11-14(18)13-3-4-15-16(9-13)20-8-7-19-15/h3-4,9,12,14,18H,2,5-8,10-11H2,1H3. The summed E-state index contributed by atoms with van der Waals surface area (Å²) in [6.07, 6.45) is 2.03. The summed E-state index contributed by atoms with van der Waals surface area (Å²) in [4.78, 5) is 2.36. The quantitative estimate of drug-likeness (QED) is 0.916. The minimum Gasteiger partial charge on any atom is -0.486 e. The maximum absolute atomic E-state index is 10.4. The van der Waals surface area contributed by atoms with E-state index in [4.69, 9.17) is 9.47 Å². The van der Waals surface area contributed by atoms with Gasteiger partial charge in [0, 0.05) is 13.1 Å². The Balaban J connectivity index is 1.63. The predicted octanol–water partition coefficient (Wildman–Crippen LogP) is 2.22. The average molecular weight is 277 g/mol. The second kappa shape index (κ2) is 6.02. The monoisotopic (exact) mass is 277 g/mol. The molecular weight excluding hydrogens is 254 g/mol. The SMILES string of the molecule is CCC1CCN(CC(O)c2ccc3c(c2)OCCO3)C1. The third-order valence-corrected chi connectivity index (χ3v) is 4.33. The number of benzene rings is 1. The van der Waals surface area contributed by atoms with E-state index < -0.39 is 6.10 Å². The van der Waals surface area contributed by atoms with Crippen molar-refractivity contribution < 1.29 is 14.6 Å². The van der Waals surface area contributed by atoms with Crippen molar-refractivity contribution in [2.24, 2.45) is 5.92 Å². The summed E-state index contributed by atoms with van der Waals surface area (Å²) in [6.45, 7) is 6.33. The normalized spacial score (nSPS) is 23.8. The van der Waals surface area contributed by atoms with Crippen molar-refractivity contribution in [3.8, 4) is 11.5 Å². The highest BCUT2D eigenvalue weighted by Gasteiger charge is 2.24. The molecule has 2 atom stereocenters. The summed E-state index contributed by atoms with van der Waals surface area (Å²) in [5, 5.41) is 10.4. The zero-order valence-electron chi connectivity index (χ0n) is 12.0. The first kappa shape index (κ1) is 13.7. The topological polar surface area (TPSA) is 41.9 Å². The Hall–Kier alpha value is -1.26. The van der Waals surface area contributed by atoms with Gasteiger partial charge in [-0.3, -0.25) is 0 Å². The molecule has 2 aliphatic rings. The van der Waals surface area contributed by atoms with Crippen molar-refractivity contribution in [2.75, 3.05) is 32.8 Å². The highest BCUT2D eigenvalue weighted by molar-refractivity contribution is 5.44. The molecule has 1 aromatic rings. The Morgan fingerprint density at radius 1 is 1.30 bits per heavy atom. The molecule has 0 aliphatic carbocycles. The highest BCUT2D eigenvalue weighted by atomic mass is 16.6. The summed E-state index contributed by atoms with van der Waals surface area (Å²) < 4.78 is 11.1. The molecule has 0 saturated carbocycles. The number of hydrogen-bond acceptors (Lipinski definition) is 4. The molecular formula is C16H23NO3. The number of ether oxygens (including phenoxy) is 2. The van der Waals surface area contributed by atoms with Gasteiger partial charge in [0.15, 0.2) is 11.5 Å². The third-order valence-electron chi connectivity index (χ3n) is 4.33. The van der Waals surface area contributed by atoms with E-state index in [0.717, 1.165) is 36.1 Å². The van der Waals surface area contributed by atoms with E-state index in [2.05, 4.69) is 11.8 Å². The van der Waals surface area contributed by atoms with Gasteiger partial charge in [-0.1, -0.05) is 19.4 Å². The minimum absolute atomic E-state index is 0.457. The smallest absolute Gasteiger partial charge is 0.161 e. The van der Waals surface area contributed by atoms with E-state index in [-0.39, 0.29) is 0 Å². The lowest BCUT2D eigenvalue weighted by molar-refractivity contribution is 0.122. The van der Waals surface area contributed by atoms with Crippen molar-refractivity contribution in [3.63, 3.8) is 0 Å². The lowest BCUT2D eigenvalue weighted by Crippen LogP contribution is -2.26. The molecule has 2 aliphatic heterocycles. The van der Waals surface area contributed by atoms with Gasteiger partial charge in [-0.2, -0.15) is 0 Å². The molecule has 2 heterocycles. The second-order valence-corrected chi connectivity index (χ2v) is 5.74. The Labute approximate surface area is 120 Å². The molecule has 4 heteroatoms. The summed E-state index contributed by atoms with van der Waals surface area (Å²) >= 11 is 0. The molecule has 0 radical (unpaired) electrons. The molecule has 4 nitrogen and oxygen atoms in total. The van der Waals surface area contributed by atoms with Crippen molar-refractivity contribution in [3.05, 3.63) is 23.8 Å². The Morgan fingerprint density at radius 2 is 2.10 bits per heavy atom. The Morgan fingerprint density at radius 3 is 2.85 bits per heavy atom. The van der Waals surface area contributed by atoms with Crippen LogP contribution in [0.1, 0.15) is 31.4 Å². The Kier molecular flexibility index (Phi) is 4.13. The molecule has 3 rings (SSSR count). The highest BCUT2D eigenvalue weighted by Crippen LogP contribution is 2.33. The van der Waals surface area contributed by atoms with Gasteiger partial charge in [-0.05, 0) is 36.6 Å². The number of nitrogens with zero attached hydrogens (tertiary/aromatic N) is 1. The first-order valence-corrected chi connectivity index (χ1v) is 7.56. The van der Waals surface area contributed by atoms with Crippen molar-refractivity contribution in [1.29, 1.82) is 0 Å². The fraction of sp³-hybridized carbons (Fsp3) is 0.625. The fourth-order valence-corrected chi connectivity index (χ4v) is 3.03. The number of fused-ring (bicyclic) bond motifs is 1. The molecule has 110 valence electrons. The van der Waals surface area contributed by atoms with Gasteiger partial charge in [0.05, 0.1) is 6.10 Å². The molecule has 1 aromatic carbocycles. The molecule has 0 spiro atoms. The number of aliphatic hydroxyl groups is 1. The van der Waals surface area contributed by atoms with Crippen LogP contribution in [0.25, 0.3) is 0 Å². The number of rotatable bonds is 4. The first-order chi connectivity index (χ1) is 9.76. The van der Waals surface area contributed by atoms with Crippen LogP contribution >= 0.6 is 0 Å². The molecule has 0 amide bonds. The molecule has 0 aromatic heterocycles. The number of hydrogen-bond donors (Lipinski definition) is 1. The van der Waals surface area contributed by atoms with Crippen molar-refractivity contribution in [2.45, 2.75) is 25.9 Å². The summed E-state index contributed by atoms with van der Waals surface area (Å²) in [6, 6.07) is 5.74. The van der Waals surface area contributed by atoms with Crippen LogP contribution in [0.15, 0.2) is 18.2 Å². The summed E-state index contributed by atoms with van der Waals surface area (Å²) in [5.41, 5.74) is 0.911. The molecule has 0 bridgehead atoms. The molecule has 2 unspecified atom stereocenters. The first-order valence-electron chi connectivity index (χ1n) is 7.56. The van der Waals surface area contributed by atoms with E-state index in [1.165, 1.54) is 12.8 Å². The zero-order chi connectivity index (χ0) is 13.9. The largest absolute Gasteiger partial charge is 0.486 e. The molecule has 20 heavy (non-hydrogen) atoms. The van der Waals surface area contributed by atoms with E-state index >= 15 is 0 Å². The van der Waals surface area contributed by atoms with Crippen LogP contribution in [-0.4, -0.2) is 42.9 Å². The number of likely N-dealkylation sites (tertiary alicyclic amines) is 1. The fourth-order valence-electron chi connectivity index (χ4n) is 3.03. The van der Waals surface area contributed by atoms with Crippen LogP contribution in [0.3, 0.4) is 0 Å². The summed E-state index contributed by atoms with van der Waals surface area (Å²) in [5.74, 6) is 2.32. The van der Waals surface area contributed by atoms with Crippen LogP contribution in [0, 0.1) is 5.92 Å². The van der Waals surface area contributed by atoms with Gasteiger partial charge >= 0.3 is 0 Å². The van der Waals surface area contributed by atoms with Gasteiger partial charge in [0.25, 0.3) is 0 Å². The minimum atomic E-state index is -0.457. The van der Waals surface area contributed by atoms with Crippen LogP contribution in [0.4, 0.5) is 0 Å². The average Bonchev–Trinajstić information content (AvgIpc) is 2.94. The van der Waals surface area contributed by atoms with Crippen LogP contribution < -0.4 is 9.47 Å². The van der Waals surface area contributed by atoms with Gasteiger partial charge in [-0.25, -0.2) is 0 Å². The second-order valence-electron chi connectivity index (χ2n) is 5.74. The summed E-state index contributed by atoms with van der Waals surface area (Å²) in [7, 11) is 0. The van der Waals surface area contributed by atoms with E-state index in [0.29, 0.717) is 19.8 Å². The van der Waals surface area contributed by atoms with Crippen molar-refractivity contribution in [1.82, 2.24) is 4.90 Å². The van der Waals surface area contributed by atoms with E-state index in [1.807, 2.05) is 18.2 Å². The molecule has 1 N–H and O–H groups in total. The zero-order valence-corrected chi connectivity index (χ0v) is 12.0. The van der Waals surface area contributed by atoms with Crippen LogP contribution in [0.2, 0.25) is 0 Å². The van der Waals surface area contributed by atoms with Crippen LogP contribution in [0.5, 0.6) is 11.5 Å². The van der Waals surface area contributed by atoms with Crippen molar-refractivity contribution >= 4 is 0 Å². The van der Waals surface area contributed by atoms with E-state index in [1.54, 1.807) is 0 Å². The molecule has 1 fully saturated rings. The van der Waals surface area contributed by atoms with E-state index in [9.17, 15) is 5.11 Å². The predicted molar refractivity (Wildman–Crippen MR) is 77.2 cm³/mol. The van der Waals surface area contributed by atoms with Gasteiger partial charge < -0.3 is 19.5 Å². The van der Waals surface area contributed by atoms with Gasteiger partial charge in [0.1, 0.15) is 13.2 Å². The number of β-amino-alcohol motifs (C(OH)–C–C–N with tert-alkyl or cyclic N) is 1. The lowest BCUT2D eigenvalue weighted by Gasteiger charge is -2.23. The lowest BCUT2D eigenvalue weighted by atomic mass is 10.1. The third kappa shape index (κ3) is 2.91. The Bertz CT molecular complexity index is 463.